The molecule has 0 aliphatic heterocycles. The molecule has 0 aromatic heterocycles. The third-order valence-corrected chi connectivity index (χ3v) is 5.32. The Labute approximate surface area is 183 Å². The number of carbonyl (C=O) groups is 2. The number of anilines is 1. The smallest absolute Gasteiger partial charge is 0.294 e. The maximum Gasteiger partial charge on any atom is 0.328 e. The topological polar surface area (TPSA) is 49.4 Å². The van der Waals surface area contributed by atoms with E-state index in [2.05, 4.69) is 33.0 Å². The number of nitrogens with one attached hydrogen (secondary N) is 1. The van der Waals surface area contributed by atoms with E-state index in [1.807, 2.05) is 24.3 Å². The summed E-state index contributed by atoms with van der Waals surface area (Å²) in [4.78, 5) is 27.1. The molecular formula is C23H28Cl2N2O2. The molecule has 0 aliphatic rings. The van der Waals surface area contributed by atoms with Crippen LogP contribution in [0.1, 0.15) is 62.9 Å². The number of hydrogen-bond acceptors (Lipinski definition) is 2. The van der Waals surface area contributed by atoms with Crippen LogP contribution in [0.25, 0.3) is 0 Å². The first-order chi connectivity index (χ1) is 13.6. The van der Waals surface area contributed by atoms with Gasteiger partial charge in [0.15, 0.2) is 0 Å². The van der Waals surface area contributed by atoms with E-state index in [-0.39, 0.29) is 21.0 Å². The maximum atomic E-state index is 12.9. The molecule has 3 amide bonds. The minimum atomic E-state index is -0.614. The van der Waals surface area contributed by atoms with Gasteiger partial charge >= 0.3 is 6.03 Å². The van der Waals surface area contributed by atoms with Gasteiger partial charge in [-0.05, 0) is 41.7 Å². The van der Waals surface area contributed by atoms with E-state index in [1.165, 1.54) is 5.56 Å². The van der Waals surface area contributed by atoms with E-state index in [9.17, 15) is 9.59 Å². The number of halogens is 2. The van der Waals surface area contributed by atoms with Crippen LogP contribution < -0.4 is 10.2 Å². The van der Waals surface area contributed by atoms with Crippen molar-refractivity contribution in [2.45, 2.75) is 52.4 Å². The van der Waals surface area contributed by atoms with Crippen molar-refractivity contribution in [3.05, 3.63) is 63.6 Å². The maximum absolute atomic E-state index is 12.9. The van der Waals surface area contributed by atoms with Crippen molar-refractivity contribution in [3.8, 4) is 0 Å². The number of amides is 3. The number of carbonyl (C=O) groups excluding carboxylic acids is 2. The quantitative estimate of drug-likeness (QED) is 0.505. The van der Waals surface area contributed by atoms with Crippen LogP contribution in [0.4, 0.5) is 10.5 Å². The summed E-state index contributed by atoms with van der Waals surface area (Å²) in [5, 5.41) is 2.83. The Morgan fingerprint density at radius 1 is 0.966 bits per heavy atom. The molecule has 0 radical (unpaired) electrons. The number of unbranched alkanes of at least 4 members (excludes halogenated alkanes) is 2. The van der Waals surface area contributed by atoms with Gasteiger partial charge in [0.05, 0.1) is 15.6 Å². The first-order valence-corrected chi connectivity index (χ1v) is 10.6. The van der Waals surface area contributed by atoms with Gasteiger partial charge in [0, 0.05) is 12.2 Å². The molecule has 0 heterocycles. The first kappa shape index (κ1) is 23.2. The fourth-order valence-corrected chi connectivity index (χ4v) is 3.52. The molecule has 6 heteroatoms. The molecule has 1 N–H and O–H groups in total. The minimum absolute atomic E-state index is 0.0185. The second-order valence-corrected chi connectivity index (χ2v) is 8.83. The summed E-state index contributed by atoms with van der Waals surface area (Å²) in [6.45, 7) is 9.03. The fourth-order valence-electron chi connectivity index (χ4n) is 2.95. The van der Waals surface area contributed by atoms with Gasteiger partial charge in [-0.3, -0.25) is 15.0 Å². The van der Waals surface area contributed by atoms with Crippen LogP contribution in [-0.2, 0) is 5.41 Å². The highest BCUT2D eigenvalue weighted by Crippen LogP contribution is 2.26. The Kier molecular flexibility index (Phi) is 8.12. The molecule has 0 bridgehead atoms. The predicted molar refractivity (Wildman–Crippen MR) is 121 cm³/mol. The van der Waals surface area contributed by atoms with Crippen molar-refractivity contribution in [3.63, 3.8) is 0 Å². The summed E-state index contributed by atoms with van der Waals surface area (Å²) in [5.74, 6) is -0.614. The Hall–Kier alpha value is -2.04. The molecule has 0 spiro atoms. The molecule has 2 aromatic rings. The Morgan fingerprint density at radius 3 is 2.07 bits per heavy atom. The minimum Gasteiger partial charge on any atom is -0.294 e. The van der Waals surface area contributed by atoms with Gasteiger partial charge in [0.2, 0.25) is 0 Å². The molecule has 0 saturated carbocycles. The third kappa shape index (κ3) is 6.22. The van der Waals surface area contributed by atoms with Gasteiger partial charge in [-0.1, -0.05) is 81.9 Å². The highest BCUT2D eigenvalue weighted by molar-refractivity contribution is 6.40. The summed E-state index contributed by atoms with van der Waals surface area (Å²) >= 11 is 12.2. The Bertz CT molecular complexity index is 838. The van der Waals surface area contributed by atoms with E-state index in [0.717, 1.165) is 24.9 Å². The molecule has 156 valence electrons. The van der Waals surface area contributed by atoms with Crippen molar-refractivity contribution in [1.29, 1.82) is 0 Å². The van der Waals surface area contributed by atoms with E-state index in [1.54, 1.807) is 23.1 Å². The van der Waals surface area contributed by atoms with Crippen LogP contribution in [0, 0.1) is 0 Å². The molecule has 0 atom stereocenters. The Balaban J connectivity index is 2.24. The molecule has 0 fully saturated rings. The van der Waals surface area contributed by atoms with Gasteiger partial charge in [-0.15, -0.1) is 0 Å². The van der Waals surface area contributed by atoms with Crippen LogP contribution in [0.15, 0.2) is 42.5 Å². The lowest BCUT2D eigenvalue weighted by Gasteiger charge is -2.25. The molecule has 0 aliphatic carbocycles. The number of benzene rings is 2. The summed E-state index contributed by atoms with van der Waals surface area (Å²) in [7, 11) is 0. The molecule has 2 aromatic carbocycles. The zero-order valence-corrected chi connectivity index (χ0v) is 18.9. The second-order valence-electron chi connectivity index (χ2n) is 8.01. The lowest BCUT2D eigenvalue weighted by molar-refractivity contribution is 0.0966. The summed E-state index contributed by atoms with van der Waals surface area (Å²) in [6.07, 6.45) is 2.87. The number of urea groups is 1. The van der Waals surface area contributed by atoms with Gasteiger partial charge < -0.3 is 0 Å². The number of rotatable bonds is 6. The number of nitrogens with zero attached hydrogens (tertiary/aromatic N) is 1. The standard InChI is InChI=1S/C23H28Cl2N2O2/c1-5-6-7-15-27(17-13-11-16(12-14-17)23(2,3)4)22(29)26-21(28)20-18(24)9-8-10-19(20)25/h8-14H,5-7,15H2,1-4H3,(H,26,28,29). The molecule has 2 rings (SSSR count). The van der Waals surface area contributed by atoms with Crippen LogP contribution >= 0.6 is 23.2 Å². The van der Waals surface area contributed by atoms with Crippen LogP contribution in [0.2, 0.25) is 10.0 Å². The zero-order chi connectivity index (χ0) is 21.6. The van der Waals surface area contributed by atoms with Gasteiger partial charge in [-0.25, -0.2) is 4.79 Å². The highest BCUT2D eigenvalue weighted by Gasteiger charge is 2.22. The molecule has 4 nitrogen and oxygen atoms in total. The van der Waals surface area contributed by atoms with E-state index >= 15 is 0 Å². The van der Waals surface area contributed by atoms with Crippen molar-refractivity contribution in [2.24, 2.45) is 0 Å². The lowest BCUT2D eigenvalue weighted by Crippen LogP contribution is -2.43. The van der Waals surface area contributed by atoms with Crippen LogP contribution in [0.5, 0.6) is 0 Å². The zero-order valence-electron chi connectivity index (χ0n) is 17.4. The van der Waals surface area contributed by atoms with Gasteiger partial charge in [-0.2, -0.15) is 0 Å². The molecule has 0 saturated heterocycles. The number of imide groups is 1. The Morgan fingerprint density at radius 2 is 1.55 bits per heavy atom. The van der Waals surface area contributed by atoms with Gasteiger partial charge in [0.25, 0.3) is 5.91 Å². The number of hydrogen-bond donors (Lipinski definition) is 1. The normalized spacial score (nSPS) is 11.2. The van der Waals surface area contributed by atoms with Gasteiger partial charge in [0.1, 0.15) is 0 Å². The average Bonchev–Trinajstić information content (AvgIpc) is 2.64. The molecular weight excluding hydrogens is 407 g/mol. The van der Waals surface area contributed by atoms with Crippen LogP contribution in [0.3, 0.4) is 0 Å². The average molecular weight is 435 g/mol. The first-order valence-electron chi connectivity index (χ1n) is 9.82. The molecule has 0 unspecified atom stereocenters. The SMILES string of the molecule is CCCCCN(C(=O)NC(=O)c1c(Cl)cccc1Cl)c1ccc(C(C)(C)C)cc1. The van der Waals surface area contributed by atoms with Crippen molar-refractivity contribution < 1.29 is 9.59 Å². The monoisotopic (exact) mass is 434 g/mol. The van der Waals surface area contributed by atoms with Crippen molar-refractivity contribution in [2.75, 3.05) is 11.4 Å². The van der Waals surface area contributed by atoms with E-state index in [4.69, 9.17) is 23.2 Å². The van der Waals surface area contributed by atoms with E-state index < -0.39 is 11.9 Å². The van der Waals surface area contributed by atoms with E-state index in [0.29, 0.717) is 6.54 Å². The largest absolute Gasteiger partial charge is 0.328 e. The summed E-state index contributed by atoms with van der Waals surface area (Å²) in [5.41, 5.74) is 2.03. The lowest BCUT2D eigenvalue weighted by atomic mass is 9.87. The van der Waals surface area contributed by atoms with Crippen LogP contribution in [-0.4, -0.2) is 18.5 Å². The predicted octanol–water partition coefficient (Wildman–Crippen LogP) is 6.84. The molecule has 29 heavy (non-hydrogen) atoms. The second kappa shape index (κ2) is 10.1. The van der Waals surface area contributed by atoms with Crippen molar-refractivity contribution >= 4 is 40.8 Å². The fraction of sp³-hybridized carbons (Fsp3) is 0.391. The third-order valence-electron chi connectivity index (χ3n) is 4.69. The summed E-state index contributed by atoms with van der Waals surface area (Å²) < 4.78 is 0. The highest BCUT2D eigenvalue weighted by atomic mass is 35.5. The van der Waals surface area contributed by atoms with Crippen molar-refractivity contribution in [1.82, 2.24) is 5.32 Å². The summed E-state index contributed by atoms with van der Waals surface area (Å²) in [6, 6.07) is 12.2.